The second kappa shape index (κ2) is 9.55. The number of para-hydroxylation sites is 1. The minimum absolute atomic E-state index is 0.152. The number of rotatable bonds is 8. The number of ether oxygens (including phenoxy) is 3. The van der Waals surface area contributed by atoms with Gasteiger partial charge in [-0.2, -0.15) is 5.10 Å². The Morgan fingerprint density at radius 2 is 1.59 bits per heavy atom. The molecule has 0 radical (unpaired) electrons. The van der Waals surface area contributed by atoms with Gasteiger partial charge in [0, 0.05) is 19.2 Å². The first-order valence-electron chi connectivity index (χ1n) is 10.0. The van der Waals surface area contributed by atoms with Gasteiger partial charge in [-0.15, -0.1) is 0 Å². The molecule has 0 bridgehead atoms. The zero-order valence-corrected chi connectivity index (χ0v) is 19.1. The number of benzene rings is 2. The van der Waals surface area contributed by atoms with Crippen molar-refractivity contribution in [2.75, 3.05) is 28.4 Å². The van der Waals surface area contributed by atoms with Crippen molar-refractivity contribution in [1.82, 2.24) is 14.7 Å². The van der Waals surface area contributed by atoms with Gasteiger partial charge in [0.25, 0.3) is 11.7 Å². The molecule has 8 heteroatoms. The van der Waals surface area contributed by atoms with Gasteiger partial charge in [-0.05, 0) is 38.1 Å². The number of carbonyl (C=O) groups is 2. The highest BCUT2D eigenvalue weighted by atomic mass is 16.5. The molecular weight excluding hydrogens is 410 g/mol. The maximum absolute atomic E-state index is 13.1. The van der Waals surface area contributed by atoms with E-state index in [4.69, 9.17) is 14.2 Å². The Balaban J connectivity index is 1.88. The van der Waals surface area contributed by atoms with E-state index in [1.165, 1.54) is 26.2 Å². The molecule has 1 amide bonds. The molecule has 0 unspecified atom stereocenters. The van der Waals surface area contributed by atoms with Crippen LogP contribution in [0, 0.1) is 13.8 Å². The molecule has 8 nitrogen and oxygen atoms in total. The zero-order chi connectivity index (χ0) is 23.4. The van der Waals surface area contributed by atoms with E-state index < -0.39 is 11.7 Å². The third-order valence-corrected chi connectivity index (χ3v) is 5.25. The van der Waals surface area contributed by atoms with E-state index in [0.29, 0.717) is 39.8 Å². The second-order valence-electron chi connectivity index (χ2n) is 7.28. The average molecular weight is 437 g/mol. The maximum Gasteiger partial charge on any atom is 0.295 e. The van der Waals surface area contributed by atoms with E-state index in [2.05, 4.69) is 5.10 Å². The smallest absolute Gasteiger partial charge is 0.295 e. The molecule has 0 spiro atoms. The molecule has 3 aromatic rings. The van der Waals surface area contributed by atoms with Crippen molar-refractivity contribution >= 4 is 11.7 Å². The first-order chi connectivity index (χ1) is 15.3. The molecule has 1 aromatic heterocycles. The molecule has 0 aliphatic rings. The zero-order valence-electron chi connectivity index (χ0n) is 19.1. The van der Waals surface area contributed by atoms with E-state index in [9.17, 15) is 9.59 Å². The van der Waals surface area contributed by atoms with Gasteiger partial charge in [-0.25, -0.2) is 4.68 Å². The van der Waals surface area contributed by atoms with Gasteiger partial charge >= 0.3 is 0 Å². The van der Waals surface area contributed by atoms with Crippen LogP contribution in [0.25, 0.3) is 5.69 Å². The number of ketones is 1. The van der Waals surface area contributed by atoms with Crippen molar-refractivity contribution in [1.29, 1.82) is 0 Å². The van der Waals surface area contributed by atoms with E-state index >= 15 is 0 Å². The van der Waals surface area contributed by atoms with Crippen molar-refractivity contribution in [2.24, 2.45) is 0 Å². The van der Waals surface area contributed by atoms with Crippen LogP contribution < -0.4 is 14.2 Å². The number of aromatic nitrogens is 2. The van der Waals surface area contributed by atoms with Crippen molar-refractivity contribution in [3.05, 3.63) is 65.0 Å². The van der Waals surface area contributed by atoms with Crippen LogP contribution in [0.15, 0.2) is 42.5 Å². The lowest BCUT2D eigenvalue weighted by Gasteiger charge is -2.20. The fourth-order valence-electron chi connectivity index (χ4n) is 3.69. The summed E-state index contributed by atoms with van der Waals surface area (Å²) < 4.78 is 17.9. The minimum atomic E-state index is -0.638. The number of amides is 1. The van der Waals surface area contributed by atoms with Gasteiger partial charge in [0.15, 0.2) is 11.5 Å². The summed E-state index contributed by atoms with van der Waals surface area (Å²) in [4.78, 5) is 27.5. The predicted octanol–water partition coefficient (Wildman–Crippen LogP) is 3.36. The Morgan fingerprint density at radius 1 is 0.938 bits per heavy atom. The van der Waals surface area contributed by atoms with Gasteiger partial charge in [0.2, 0.25) is 5.75 Å². The monoisotopic (exact) mass is 437 g/mol. The number of methoxy groups -OCH3 is 3. The number of nitrogens with zero attached hydrogens (tertiary/aromatic N) is 3. The molecule has 3 rings (SSSR count). The normalized spacial score (nSPS) is 10.6. The Hall–Kier alpha value is -3.81. The molecule has 0 saturated heterocycles. The van der Waals surface area contributed by atoms with Crippen LogP contribution in [-0.2, 0) is 11.3 Å². The predicted molar refractivity (Wildman–Crippen MR) is 120 cm³/mol. The SMILES string of the molecule is COc1ccc(CN(C)C(=O)C(=O)c2c(C)nn(-c3ccccc3)c2C)c(OC)c1OC. The van der Waals surface area contributed by atoms with Crippen LogP contribution in [0.5, 0.6) is 17.2 Å². The Bertz CT molecular complexity index is 1140. The van der Waals surface area contributed by atoms with Crippen molar-refractivity contribution in [3.63, 3.8) is 0 Å². The molecule has 0 aliphatic carbocycles. The van der Waals surface area contributed by atoms with E-state index in [1.54, 1.807) is 37.7 Å². The van der Waals surface area contributed by atoms with Crippen LogP contribution in [0.3, 0.4) is 0 Å². The first kappa shape index (κ1) is 22.9. The summed E-state index contributed by atoms with van der Waals surface area (Å²) in [5.74, 6) is 0.140. The molecule has 0 fully saturated rings. The molecule has 2 aromatic carbocycles. The number of carbonyl (C=O) groups excluding carboxylic acids is 2. The van der Waals surface area contributed by atoms with Gasteiger partial charge in [-0.1, -0.05) is 18.2 Å². The number of likely N-dealkylation sites (N-methyl/N-ethyl adjacent to an activating group) is 1. The highest BCUT2D eigenvalue weighted by Gasteiger charge is 2.28. The minimum Gasteiger partial charge on any atom is -0.493 e. The molecular formula is C24H27N3O5. The summed E-state index contributed by atoms with van der Waals surface area (Å²) >= 11 is 0. The quantitative estimate of drug-likeness (QED) is 0.397. The van der Waals surface area contributed by atoms with Crippen molar-refractivity contribution in [3.8, 4) is 22.9 Å². The van der Waals surface area contributed by atoms with Crippen LogP contribution in [0.2, 0.25) is 0 Å². The first-order valence-corrected chi connectivity index (χ1v) is 10.0. The third kappa shape index (κ3) is 4.16. The van der Waals surface area contributed by atoms with Gasteiger partial charge in [-0.3, -0.25) is 9.59 Å². The van der Waals surface area contributed by atoms with Crippen LogP contribution in [0.1, 0.15) is 27.3 Å². The summed E-state index contributed by atoms with van der Waals surface area (Å²) in [6.07, 6.45) is 0. The number of aryl methyl sites for hydroxylation is 1. The van der Waals surface area contributed by atoms with E-state index in [1.807, 2.05) is 30.3 Å². The Labute approximate surface area is 187 Å². The van der Waals surface area contributed by atoms with Crippen LogP contribution in [0.4, 0.5) is 0 Å². The topological polar surface area (TPSA) is 82.9 Å². The Morgan fingerprint density at radius 3 is 2.19 bits per heavy atom. The molecule has 32 heavy (non-hydrogen) atoms. The van der Waals surface area contributed by atoms with Crippen LogP contribution in [-0.4, -0.2) is 54.7 Å². The molecule has 168 valence electrons. The fourth-order valence-corrected chi connectivity index (χ4v) is 3.69. The van der Waals surface area contributed by atoms with E-state index in [0.717, 1.165) is 5.69 Å². The van der Waals surface area contributed by atoms with Gasteiger partial charge in [0.05, 0.1) is 44.0 Å². The lowest BCUT2D eigenvalue weighted by Crippen LogP contribution is -2.33. The summed E-state index contributed by atoms with van der Waals surface area (Å²) in [6.45, 7) is 3.66. The lowest BCUT2D eigenvalue weighted by molar-refractivity contribution is -0.125. The number of Topliss-reactive ketones (excluding diaryl/α,β-unsaturated/α-hetero) is 1. The summed E-state index contributed by atoms with van der Waals surface area (Å²) in [5.41, 5.74) is 2.93. The molecule has 1 heterocycles. The Kier molecular flexibility index (Phi) is 6.82. The van der Waals surface area contributed by atoms with Crippen molar-refractivity contribution in [2.45, 2.75) is 20.4 Å². The summed E-state index contributed by atoms with van der Waals surface area (Å²) in [5, 5.41) is 4.47. The molecule has 0 N–H and O–H groups in total. The largest absolute Gasteiger partial charge is 0.493 e. The van der Waals surface area contributed by atoms with Gasteiger partial charge < -0.3 is 19.1 Å². The van der Waals surface area contributed by atoms with Crippen molar-refractivity contribution < 1.29 is 23.8 Å². The summed E-state index contributed by atoms with van der Waals surface area (Å²) in [7, 11) is 6.13. The average Bonchev–Trinajstić information content (AvgIpc) is 3.11. The lowest BCUT2D eigenvalue weighted by atomic mass is 10.1. The number of hydrogen-bond donors (Lipinski definition) is 0. The standard InChI is InChI=1S/C24H27N3O5/c1-15-20(16(2)27(25-15)18-10-8-7-9-11-18)21(28)24(29)26(3)14-17-12-13-19(30-4)23(32-6)22(17)31-5/h7-13H,14H2,1-6H3. The summed E-state index contributed by atoms with van der Waals surface area (Å²) in [6, 6.07) is 13.0. The second-order valence-corrected chi connectivity index (χ2v) is 7.28. The highest BCUT2D eigenvalue weighted by Crippen LogP contribution is 2.40. The highest BCUT2D eigenvalue weighted by molar-refractivity contribution is 6.43. The molecule has 0 aliphatic heterocycles. The number of hydrogen-bond acceptors (Lipinski definition) is 6. The molecule has 0 atom stereocenters. The van der Waals surface area contributed by atoms with Gasteiger partial charge in [0.1, 0.15) is 0 Å². The third-order valence-electron chi connectivity index (χ3n) is 5.25. The molecule has 0 saturated carbocycles. The van der Waals surface area contributed by atoms with Crippen LogP contribution >= 0.6 is 0 Å². The fraction of sp³-hybridized carbons (Fsp3) is 0.292. The van der Waals surface area contributed by atoms with E-state index in [-0.39, 0.29) is 6.54 Å². The maximum atomic E-state index is 13.1.